The predicted molar refractivity (Wildman–Crippen MR) is 185 cm³/mol. The largest absolute Gasteiger partial charge is 0.493 e. The fraction of sp³-hybridized carbons (Fsp3) is 0.600. The van der Waals surface area contributed by atoms with Crippen LogP contribution in [0.5, 0.6) is 11.5 Å². The maximum absolute atomic E-state index is 12.8. The van der Waals surface area contributed by atoms with Crippen LogP contribution in [0.1, 0.15) is 26.7 Å². The molecule has 10 heteroatoms. The SMILES string of the molecule is C=C(C)C(=O)C(COc1cccc(OCC(CSCCC2SCCS2)C(=O)C(=C)C)c1)CSCCC1SCCS1. The summed E-state index contributed by atoms with van der Waals surface area (Å²) >= 11 is 11.8. The molecule has 2 aliphatic rings. The number of ether oxygens (including phenoxy) is 2. The Kier molecular flexibility index (Phi) is 16.4. The fourth-order valence-electron chi connectivity index (χ4n) is 4.10. The van der Waals surface area contributed by atoms with E-state index >= 15 is 0 Å². The number of hydrogen-bond donors (Lipinski definition) is 0. The number of thioether (sulfide) groups is 6. The lowest BCUT2D eigenvalue weighted by Crippen LogP contribution is -2.25. The number of allylic oxidation sites excluding steroid dienone is 2. The molecule has 2 heterocycles. The first-order valence-corrected chi connectivity index (χ1v) is 20.2. The van der Waals surface area contributed by atoms with E-state index in [-0.39, 0.29) is 23.4 Å². The van der Waals surface area contributed by atoms with Crippen LogP contribution in [-0.2, 0) is 9.59 Å². The minimum Gasteiger partial charge on any atom is -0.493 e. The van der Waals surface area contributed by atoms with E-state index < -0.39 is 0 Å². The highest BCUT2D eigenvalue weighted by molar-refractivity contribution is 8.20. The Morgan fingerprint density at radius 1 is 0.800 bits per heavy atom. The van der Waals surface area contributed by atoms with E-state index in [9.17, 15) is 9.59 Å². The summed E-state index contributed by atoms with van der Waals surface area (Å²) in [5, 5.41) is 0. The van der Waals surface area contributed by atoms with Gasteiger partial charge in [0.05, 0.1) is 34.2 Å². The van der Waals surface area contributed by atoms with Gasteiger partial charge in [-0.1, -0.05) is 19.2 Å². The van der Waals surface area contributed by atoms with E-state index in [1.807, 2.05) is 94.8 Å². The number of hydrogen-bond acceptors (Lipinski definition) is 10. The second-order valence-electron chi connectivity index (χ2n) is 9.85. The number of carbonyl (C=O) groups excluding carboxylic acids is 2. The monoisotopic (exact) mass is 658 g/mol. The predicted octanol–water partition coefficient (Wildman–Crippen LogP) is 7.83. The summed E-state index contributed by atoms with van der Waals surface area (Å²) in [6.45, 7) is 11.9. The molecule has 0 spiro atoms. The zero-order valence-corrected chi connectivity index (χ0v) is 28.5. The zero-order valence-electron chi connectivity index (χ0n) is 23.6. The fourth-order valence-corrected chi connectivity index (χ4v) is 12.6. The quantitative estimate of drug-likeness (QED) is 0.102. The van der Waals surface area contributed by atoms with Crippen molar-refractivity contribution < 1.29 is 19.1 Å². The summed E-state index contributed by atoms with van der Waals surface area (Å²) in [5.74, 6) is 9.52. The van der Waals surface area contributed by atoms with Gasteiger partial charge in [-0.05, 0) is 61.5 Å². The second kappa shape index (κ2) is 19.1. The Morgan fingerprint density at radius 2 is 1.20 bits per heavy atom. The Balaban J connectivity index is 1.47. The van der Waals surface area contributed by atoms with Crippen LogP contribution < -0.4 is 9.47 Å². The van der Waals surface area contributed by atoms with Crippen molar-refractivity contribution in [1.29, 1.82) is 0 Å². The highest BCUT2D eigenvalue weighted by Gasteiger charge is 2.23. The minimum absolute atomic E-state index is 0.0632. The van der Waals surface area contributed by atoms with Gasteiger partial charge in [0.25, 0.3) is 0 Å². The molecule has 0 bridgehead atoms. The molecule has 0 aromatic heterocycles. The Labute approximate surface area is 266 Å². The molecule has 0 amide bonds. The zero-order chi connectivity index (χ0) is 28.7. The summed E-state index contributed by atoms with van der Waals surface area (Å²) in [6, 6.07) is 7.48. The van der Waals surface area contributed by atoms with E-state index in [4.69, 9.17) is 9.47 Å². The Hall–Kier alpha value is -0.260. The molecule has 0 radical (unpaired) electrons. The van der Waals surface area contributed by atoms with Crippen LogP contribution in [0, 0.1) is 11.8 Å². The summed E-state index contributed by atoms with van der Waals surface area (Å²) in [5.41, 5.74) is 1.14. The number of carbonyl (C=O) groups is 2. The van der Waals surface area contributed by atoms with E-state index in [0.29, 0.717) is 45.0 Å². The van der Waals surface area contributed by atoms with Crippen molar-refractivity contribution >= 4 is 82.1 Å². The molecule has 222 valence electrons. The van der Waals surface area contributed by atoms with Gasteiger partial charge in [-0.25, -0.2) is 0 Å². The first kappa shape index (κ1) is 34.2. The van der Waals surface area contributed by atoms with Gasteiger partial charge >= 0.3 is 0 Å². The first-order chi connectivity index (χ1) is 19.3. The molecule has 40 heavy (non-hydrogen) atoms. The first-order valence-electron chi connectivity index (χ1n) is 13.7. The lowest BCUT2D eigenvalue weighted by atomic mass is 10.0. The van der Waals surface area contributed by atoms with Crippen molar-refractivity contribution in [2.24, 2.45) is 11.8 Å². The molecule has 4 nitrogen and oxygen atoms in total. The lowest BCUT2D eigenvalue weighted by Gasteiger charge is -2.19. The van der Waals surface area contributed by atoms with Crippen molar-refractivity contribution in [2.75, 3.05) is 59.2 Å². The molecule has 2 saturated heterocycles. The van der Waals surface area contributed by atoms with Gasteiger partial charge in [-0.2, -0.15) is 23.5 Å². The van der Waals surface area contributed by atoms with Crippen LogP contribution in [-0.4, -0.2) is 80.0 Å². The molecular weight excluding hydrogens is 617 g/mol. The van der Waals surface area contributed by atoms with E-state index in [1.54, 1.807) is 13.8 Å². The van der Waals surface area contributed by atoms with Crippen LogP contribution in [0.3, 0.4) is 0 Å². The van der Waals surface area contributed by atoms with Crippen molar-refractivity contribution in [3.8, 4) is 11.5 Å². The van der Waals surface area contributed by atoms with Gasteiger partial charge < -0.3 is 9.47 Å². The molecule has 0 saturated carbocycles. The van der Waals surface area contributed by atoms with Crippen molar-refractivity contribution in [2.45, 2.75) is 35.9 Å². The van der Waals surface area contributed by atoms with Crippen LogP contribution in [0.25, 0.3) is 0 Å². The Morgan fingerprint density at radius 3 is 1.57 bits per heavy atom. The van der Waals surface area contributed by atoms with E-state index in [2.05, 4.69) is 13.2 Å². The van der Waals surface area contributed by atoms with Gasteiger partial charge in [0.1, 0.15) is 11.5 Å². The standard InChI is InChI=1S/C30H42O4S6/c1-21(2)29(31)23(19-35-10-8-27-37-12-13-38-27)17-33-25-6-5-7-26(16-25)34-18-24(30(32)22(3)4)20-36-11-9-28-39-14-15-40-28/h5-7,16,23-24,27-28H,1,3,8-15,17-20H2,2,4H3. The topological polar surface area (TPSA) is 52.6 Å². The highest BCUT2D eigenvalue weighted by Crippen LogP contribution is 2.36. The second-order valence-corrected chi connectivity index (χ2v) is 18.0. The highest BCUT2D eigenvalue weighted by atomic mass is 32.2. The molecular formula is C30H42O4S6. The van der Waals surface area contributed by atoms with Gasteiger partial charge in [0, 0.05) is 40.6 Å². The van der Waals surface area contributed by atoms with Gasteiger partial charge in [0.2, 0.25) is 0 Å². The van der Waals surface area contributed by atoms with Gasteiger partial charge in [0.15, 0.2) is 11.6 Å². The molecule has 2 unspecified atom stereocenters. The molecule has 3 rings (SSSR count). The maximum atomic E-state index is 12.8. The third-order valence-electron chi connectivity index (χ3n) is 6.31. The van der Waals surface area contributed by atoms with Crippen LogP contribution in [0.15, 0.2) is 48.6 Å². The molecule has 0 N–H and O–H groups in total. The van der Waals surface area contributed by atoms with E-state index in [1.165, 1.54) is 35.9 Å². The number of benzene rings is 1. The third-order valence-corrected chi connectivity index (χ3v) is 15.0. The molecule has 2 atom stereocenters. The number of rotatable bonds is 20. The molecule has 1 aromatic rings. The summed E-state index contributed by atoms with van der Waals surface area (Å²) in [7, 11) is 0. The van der Waals surface area contributed by atoms with Crippen LogP contribution in [0.2, 0.25) is 0 Å². The average Bonchev–Trinajstić information content (AvgIpc) is 3.66. The van der Waals surface area contributed by atoms with Crippen LogP contribution >= 0.6 is 70.6 Å². The maximum Gasteiger partial charge on any atom is 0.165 e. The normalized spacial score (nSPS) is 17.4. The third kappa shape index (κ3) is 12.5. The van der Waals surface area contributed by atoms with Crippen molar-refractivity contribution in [1.82, 2.24) is 0 Å². The molecule has 2 fully saturated rings. The minimum atomic E-state index is -0.230. The smallest absolute Gasteiger partial charge is 0.165 e. The van der Waals surface area contributed by atoms with E-state index in [0.717, 1.165) is 23.0 Å². The van der Waals surface area contributed by atoms with Crippen molar-refractivity contribution in [3.63, 3.8) is 0 Å². The number of Topliss-reactive ketones (excluding diaryl/α,β-unsaturated/α-hetero) is 2. The Bertz CT molecular complexity index is 901. The molecule has 2 aliphatic heterocycles. The van der Waals surface area contributed by atoms with Crippen LogP contribution in [0.4, 0.5) is 0 Å². The summed E-state index contributed by atoms with van der Waals surface area (Å²) < 4.78 is 13.5. The van der Waals surface area contributed by atoms with Gasteiger partial charge in [-0.3, -0.25) is 9.59 Å². The average molecular weight is 659 g/mol. The number of ketones is 2. The summed E-state index contributed by atoms with van der Waals surface area (Å²) in [6.07, 6.45) is 2.33. The molecule has 0 aliphatic carbocycles. The van der Waals surface area contributed by atoms with Gasteiger partial charge in [-0.15, -0.1) is 47.0 Å². The van der Waals surface area contributed by atoms with Crippen molar-refractivity contribution in [3.05, 3.63) is 48.6 Å². The summed E-state index contributed by atoms with van der Waals surface area (Å²) in [4.78, 5) is 25.6. The lowest BCUT2D eigenvalue weighted by molar-refractivity contribution is -0.120. The molecule has 1 aromatic carbocycles.